The maximum absolute atomic E-state index is 14.3. The molecule has 0 aliphatic heterocycles. The highest BCUT2D eigenvalue weighted by Gasteiger charge is 2.32. The first kappa shape index (κ1) is 27.6. The largest absolute Gasteiger partial charge is 0.461 e. The number of nitrogens with one attached hydrogen (secondary N) is 1. The average molecular weight is 531 g/mol. The summed E-state index contributed by atoms with van der Waals surface area (Å²) >= 11 is 0. The van der Waals surface area contributed by atoms with Crippen LogP contribution >= 0.6 is 8.53 Å². The lowest BCUT2D eigenvalue weighted by molar-refractivity contribution is -0.152. The molecule has 194 valence electrons. The minimum Gasteiger partial charge on any atom is -0.461 e. The number of carbonyl (C=O) groups is 1. The molecule has 0 spiro atoms. The second kappa shape index (κ2) is 11.4. The standard InChI is InChI=1S/C24H23F5NO5P/c1-13(23(31)33-12-24(2,3)32-4)30-36(34-16-11-7-9-14-8-5-6-10-15(14)16)35-22-20(28)18(26)17(25)19(27)21(22)29/h5-11,13,30H,12H2,1-4H3/t13-,36?/m0/s1. The van der Waals surface area contributed by atoms with Gasteiger partial charge in [-0.2, -0.15) is 8.78 Å². The van der Waals surface area contributed by atoms with Gasteiger partial charge >= 0.3 is 14.5 Å². The summed E-state index contributed by atoms with van der Waals surface area (Å²) in [5.41, 5.74) is -0.786. The van der Waals surface area contributed by atoms with E-state index in [1.165, 1.54) is 20.1 Å². The lowest BCUT2D eigenvalue weighted by Gasteiger charge is -2.25. The van der Waals surface area contributed by atoms with Crippen LogP contribution in [-0.2, 0) is 14.3 Å². The van der Waals surface area contributed by atoms with E-state index in [0.717, 1.165) is 5.39 Å². The molecule has 3 rings (SSSR count). The van der Waals surface area contributed by atoms with Crippen LogP contribution in [0.5, 0.6) is 11.5 Å². The SMILES string of the molecule is COC(C)(C)COC(=O)[C@H](C)NP(Oc1c(F)c(F)c(F)c(F)c1F)Oc1cccc2ccccc12. The van der Waals surface area contributed by atoms with Crippen LogP contribution in [0, 0.1) is 29.1 Å². The van der Waals surface area contributed by atoms with Crippen molar-refractivity contribution in [1.29, 1.82) is 0 Å². The third-order valence-corrected chi connectivity index (χ3v) is 6.35. The molecule has 36 heavy (non-hydrogen) atoms. The molecule has 0 saturated heterocycles. The van der Waals surface area contributed by atoms with Crippen LogP contribution in [0.25, 0.3) is 10.8 Å². The number of rotatable bonds is 10. The Morgan fingerprint density at radius 3 is 2.14 bits per heavy atom. The highest BCUT2D eigenvalue weighted by atomic mass is 31.2. The molecule has 0 saturated carbocycles. The van der Waals surface area contributed by atoms with Crippen LogP contribution in [-0.4, -0.2) is 31.3 Å². The molecule has 3 aromatic carbocycles. The first-order valence-corrected chi connectivity index (χ1v) is 11.8. The van der Waals surface area contributed by atoms with Gasteiger partial charge in [0.05, 0.1) is 5.60 Å². The van der Waals surface area contributed by atoms with Gasteiger partial charge in [-0.15, -0.1) is 0 Å². The van der Waals surface area contributed by atoms with E-state index in [-0.39, 0.29) is 12.4 Å². The maximum atomic E-state index is 14.3. The van der Waals surface area contributed by atoms with Gasteiger partial charge in [0.2, 0.25) is 34.8 Å². The summed E-state index contributed by atoms with van der Waals surface area (Å²) in [5.74, 6) is -13.2. The second-order valence-electron chi connectivity index (χ2n) is 8.24. The quantitative estimate of drug-likeness (QED) is 0.111. The van der Waals surface area contributed by atoms with Crippen LogP contribution in [0.1, 0.15) is 20.8 Å². The van der Waals surface area contributed by atoms with Gasteiger partial charge in [-0.25, -0.2) is 18.3 Å². The van der Waals surface area contributed by atoms with E-state index in [2.05, 4.69) is 5.09 Å². The number of benzene rings is 3. The van der Waals surface area contributed by atoms with Gasteiger partial charge in [0.25, 0.3) is 0 Å². The third-order valence-electron chi connectivity index (χ3n) is 5.04. The molecule has 0 fully saturated rings. The van der Waals surface area contributed by atoms with Crippen molar-refractivity contribution in [3.8, 4) is 11.5 Å². The molecule has 0 aromatic heterocycles. The van der Waals surface area contributed by atoms with E-state index in [1.807, 2.05) is 0 Å². The summed E-state index contributed by atoms with van der Waals surface area (Å²) in [7, 11) is -1.25. The molecule has 0 amide bonds. The fourth-order valence-corrected chi connectivity index (χ4v) is 4.05. The highest BCUT2D eigenvalue weighted by molar-refractivity contribution is 7.46. The molecular formula is C24H23F5NO5P. The number of hydrogen-bond donors (Lipinski definition) is 1. The van der Waals surface area contributed by atoms with Crippen molar-refractivity contribution in [2.24, 2.45) is 0 Å². The van der Waals surface area contributed by atoms with E-state index in [9.17, 15) is 26.7 Å². The van der Waals surface area contributed by atoms with Crippen molar-refractivity contribution >= 4 is 25.3 Å². The number of esters is 1. The van der Waals surface area contributed by atoms with Crippen LogP contribution in [0.2, 0.25) is 0 Å². The van der Waals surface area contributed by atoms with E-state index in [0.29, 0.717) is 5.39 Å². The number of fused-ring (bicyclic) bond motifs is 1. The summed E-state index contributed by atoms with van der Waals surface area (Å²) in [4.78, 5) is 12.5. The number of methoxy groups -OCH3 is 1. The Kier molecular flexibility index (Phi) is 8.71. The zero-order chi connectivity index (χ0) is 26.6. The van der Waals surface area contributed by atoms with Gasteiger partial charge in [-0.05, 0) is 32.2 Å². The smallest absolute Gasteiger partial charge is 0.382 e. The van der Waals surface area contributed by atoms with Crippen LogP contribution in [0.4, 0.5) is 22.0 Å². The van der Waals surface area contributed by atoms with Crippen molar-refractivity contribution in [3.63, 3.8) is 0 Å². The zero-order valence-corrected chi connectivity index (χ0v) is 20.6. The predicted octanol–water partition coefficient (Wildman–Crippen LogP) is 6.17. The van der Waals surface area contributed by atoms with Gasteiger partial charge in [-0.3, -0.25) is 4.79 Å². The predicted molar refractivity (Wildman–Crippen MR) is 123 cm³/mol. The number of carbonyl (C=O) groups excluding carboxylic acids is 1. The Morgan fingerprint density at radius 1 is 0.917 bits per heavy atom. The normalized spacial score (nSPS) is 13.4. The fourth-order valence-electron chi connectivity index (χ4n) is 2.82. The maximum Gasteiger partial charge on any atom is 0.382 e. The molecule has 6 nitrogen and oxygen atoms in total. The minimum atomic E-state index is -2.69. The van der Waals surface area contributed by atoms with Gasteiger partial charge < -0.3 is 18.5 Å². The molecule has 0 heterocycles. The van der Waals surface area contributed by atoms with E-state index < -0.39 is 61.0 Å². The number of hydrogen-bond acceptors (Lipinski definition) is 6. The Bertz CT molecular complexity index is 1220. The topological polar surface area (TPSA) is 66.0 Å². The monoisotopic (exact) mass is 531 g/mol. The summed E-state index contributed by atoms with van der Waals surface area (Å²) < 4.78 is 90.9. The lowest BCUT2D eigenvalue weighted by Crippen LogP contribution is -2.38. The van der Waals surface area contributed by atoms with E-state index >= 15 is 0 Å². The Balaban J connectivity index is 1.92. The molecule has 0 aliphatic rings. The van der Waals surface area contributed by atoms with Crippen LogP contribution < -0.4 is 14.1 Å². The van der Waals surface area contributed by atoms with Crippen molar-refractivity contribution in [2.75, 3.05) is 13.7 Å². The molecule has 0 bridgehead atoms. The molecule has 3 aromatic rings. The number of halogens is 5. The van der Waals surface area contributed by atoms with Crippen LogP contribution in [0.15, 0.2) is 42.5 Å². The first-order valence-electron chi connectivity index (χ1n) is 10.6. The molecule has 12 heteroatoms. The lowest BCUT2D eigenvalue weighted by atomic mass is 10.1. The molecule has 2 atom stereocenters. The zero-order valence-electron chi connectivity index (χ0n) is 19.7. The average Bonchev–Trinajstić information content (AvgIpc) is 2.87. The van der Waals surface area contributed by atoms with Crippen molar-refractivity contribution < 1.29 is 45.3 Å². The highest BCUT2D eigenvalue weighted by Crippen LogP contribution is 2.43. The van der Waals surface area contributed by atoms with Gasteiger partial charge in [-0.1, -0.05) is 36.4 Å². The second-order valence-corrected chi connectivity index (χ2v) is 9.38. The van der Waals surface area contributed by atoms with Crippen molar-refractivity contribution in [1.82, 2.24) is 5.09 Å². The van der Waals surface area contributed by atoms with Gasteiger partial charge in [0, 0.05) is 12.5 Å². The molecular weight excluding hydrogens is 508 g/mol. The Morgan fingerprint density at radius 2 is 1.50 bits per heavy atom. The van der Waals surface area contributed by atoms with Crippen molar-refractivity contribution in [2.45, 2.75) is 32.4 Å². The minimum absolute atomic E-state index is 0.116. The first-order chi connectivity index (χ1) is 16.9. The molecule has 0 aliphatic carbocycles. The Labute approximate surface area is 205 Å². The summed E-state index contributed by atoms with van der Waals surface area (Å²) in [6, 6.07) is 10.7. The summed E-state index contributed by atoms with van der Waals surface area (Å²) in [6.07, 6.45) is 0. The van der Waals surface area contributed by atoms with Crippen LogP contribution in [0.3, 0.4) is 0 Å². The van der Waals surface area contributed by atoms with Gasteiger partial charge in [0.15, 0.2) is 0 Å². The number of ether oxygens (including phenoxy) is 2. The van der Waals surface area contributed by atoms with E-state index in [1.54, 1.807) is 50.2 Å². The molecule has 1 N–H and O–H groups in total. The van der Waals surface area contributed by atoms with Crippen molar-refractivity contribution in [3.05, 3.63) is 71.6 Å². The summed E-state index contributed by atoms with van der Waals surface area (Å²) in [5, 5.41) is 3.90. The van der Waals surface area contributed by atoms with E-state index in [4.69, 9.17) is 18.5 Å². The molecule has 0 radical (unpaired) electrons. The van der Waals surface area contributed by atoms with Gasteiger partial charge in [0.1, 0.15) is 18.4 Å². The Hall–Kier alpha value is -3.01. The fraction of sp³-hybridized carbons (Fsp3) is 0.292. The molecule has 1 unspecified atom stereocenters. The summed E-state index contributed by atoms with van der Waals surface area (Å²) in [6.45, 7) is 4.60. The third kappa shape index (κ3) is 6.21.